The van der Waals surface area contributed by atoms with Gasteiger partial charge in [-0.2, -0.15) is 26.3 Å². The van der Waals surface area contributed by atoms with Crippen LogP contribution in [0.25, 0.3) is 0 Å². The molecule has 0 saturated heterocycles. The van der Waals surface area contributed by atoms with Gasteiger partial charge in [-0.1, -0.05) is 12.1 Å². The van der Waals surface area contributed by atoms with E-state index in [2.05, 4.69) is 15.6 Å². The highest BCUT2D eigenvalue weighted by Gasteiger charge is 2.31. The average molecular weight is 384 g/mol. The zero-order valence-electron chi connectivity index (χ0n) is 14.0. The third kappa shape index (κ3) is 7.62. The van der Waals surface area contributed by atoms with Gasteiger partial charge < -0.3 is 15.5 Å². The first-order valence-electron chi connectivity index (χ1n) is 7.34. The molecule has 1 aromatic rings. The molecule has 0 saturated carbocycles. The highest BCUT2D eigenvalue weighted by Crippen LogP contribution is 2.29. The summed E-state index contributed by atoms with van der Waals surface area (Å²) in [4.78, 5) is 15.9. The Balaban J connectivity index is 2.49. The molecule has 0 atom stereocenters. The summed E-state index contributed by atoms with van der Waals surface area (Å²) in [6, 6.07) is 4.43. The van der Waals surface area contributed by atoms with Gasteiger partial charge >= 0.3 is 12.4 Å². The maximum absolute atomic E-state index is 12.5. The Labute approximate surface area is 146 Å². The Morgan fingerprint density at radius 3 is 2.12 bits per heavy atom. The van der Waals surface area contributed by atoms with Gasteiger partial charge in [0.1, 0.15) is 6.54 Å². The Morgan fingerprint density at radius 2 is 1.65 bits per heavy atom. The van der Waals surface area contributed by atoms with Gasteiger partial charge in [-0.25, -0.2) is 0 Å². The lowest BCUT2D eigenvalue weighted by Crippen LogP contribution is -2.45. The number of aliphatic imine (C=N–C) groups is 1. The van der Waals surface area contributed by atoms with E-state index >= 15 is 0 Å². The van der Waals surface area contributed by atoms with Crippen molar-refractivity contribution in [3.8, 4) is 0 Å². The van der Waals surface area contributed by atoms with E-state index < -0.39 is 36.9 Å². The van der Waals surface area contributed by atoms with E-state index in [1.54, 1.807) is 0 Å². The summed E-state index contributed by atoms with van der Waals surface area (Å²) >= 11 is 0. The van der Waals surface area contributed by atoms with Gasteiger partial charge in [0, 0.05) is 20.6 Å². The topological polar surface area (TPSA) is 56.7 Å². The van der Waals surface area contributed by atoms with E-state index in [1.807, 2.05) is 0 Å². The fourth-order valence-corrected chi connectivity index (χ4v) is 1.87. The summed E-state index contributed by atoms with van der Waals surface area (Å²) in [6.45, 7) is -1.67. The van der Waals surface area contributed by atoms with Crippen molar-refractivity contribution in [1.29, 1.82) is 0 Å². The Morgan fingerprint density at radius 1 is 1.08 bits per heavy atom. The van der Waals surface area contributed by atoms with Crippen LogP contribution in [0, 0.1) is 0 Å². The molecule has 0 aliphatic carbocycles. The summed E-state index contributed by atoms with van der Waals surface area (Å²) in [7, 11) is 2.40. The molecule has 0 bridgehead atoms. The van der Waals surface area contributed by atoms with E-state index in [4.69, 9.17) is 0 Å². The molecular formula is C15H18F6N4O. The fourth-order valence-electron chi connectivity index (χ4n) is 1.87. The van der Waals surface area contributed by atoms with Crippen LogP contribution in [0.2, 0.25) is 0 Å². The lowest BCUT2D eigenvalue weighted by Gasteiger charge is -2.20. The van der Waals surface area contributed by atoms with Crippen molar-refractivity contribution in [2.24, 2.45) is 4.99 Å². The van der Waals surface area contributed by atoms with Crippen LogP contribution < -0.4 is 10.6 Å². The maximum atomic E-state index is 12.5. The van der Waals surface area contributed by atoms with Gasteiger partial charge in [-0.05, 0) is 17.7 Å². The molecule has 5 nitrogen and oxygen atoms in total. The summed E-state index contributed by atoms with van der Waals surface area (Å²) in [6.07, 6.45) is -8.92. The molecule has 11 heteroatoms. The van der Waals surface area contributed by atoms with Gasteiger partial charge in [0.05, 0.1) is 12.1 Å². The second-order valence-electron chi connectivity index (χ2n) is 5.34. The molecule has 0 fully saturated rings. The second kappa shape index (κ2) is 8.77. The van der Waals surface area contributed by atoms with E-state index in [9.17, 15) is 31.1 Å². The minimum atomic E-state index is -4.49. The number of amides is 1. The van der Waals surface area contributed by atoms with Crippen molar-refractivity contribution < 1.29 is 31.1 Å². The average Bonchev–Trinajstić information content (AvgIpc) is 2.52. The number of rotatable bonds is 5. The molecule has 0 heterocycles. The highest BCUT2D eigenvalue weighted by molar-refractivity contribution is 5.86. The van der Waals surface area contributed by atoms with Gasteiger partial charge in [-0.15, -0.1) is 0 Å². The summed E-state index contributed by atoms with van der Waals surface area (Å²) in [5, 5.41) is 5.29. The lowest BCUT2D eigenvalue weighted by atomic mass is 10.1. The number of hydrogen-bond acceptors (Lipinski definition) is 2. The quantitative estimate of drug-likeness (QED) is 0.466. The SMILES string of the molecule is CN=C(NCC(=O)N(C)CC(F)(F)F)NCc1ccc(C(F)(F)F)cc1. The first-order chi connectivity index (χ1) is 11.9. The Bertz CT molecular complexity index is 625. The molecule has 0 radical (unpaired) electrons. The van der Waals surface area contributed by atoms with E-state index in [-0.39, 0.29) is 12.5 Å². The molecule has 1 aromatic carbocycles. The Kier molecular flexibility index (Phi) is 7.28. The molecular weight excluding hydrogens is 366 g/mol. The first kappa shape index (κ1) is 21.6. The highest BCUT2D eigenvalue weighted by atomic mass is 19.4. The number of carbonyl (C=O) groups excluding carboxylic acids is 1. The number of carbonyl (C=O) groups is 1. The number of nitrogens with zero attached hydrogens (tertiary/aromatic N) is 2. The zero-order chi connectivity index (χ0) is 20.0. The summed E-state index contributed by atoms with van der Waals surface area (Å²) in [5.41, 5.74) is -0.247. The van der Waals surface area contributed by atoms with E-state index in [0.29, 0.717) is 10.5 Å². The third-order valence-electron chi connectivity index (χ3n) is 3.21. The molecule has 2 N–H and O–H groups in total. The van der Waals surface area contributed by atoms with Gasteiger partial charge in [-0.3, -0.25) is 9.79 Å². The van der Waals surface area contributed by atoms with Crippen LogP contribution in [0.15, 0.2) is 29.3 Å². The predicted octanol–water partition coefficient (Wildman–Crippen LogP) is 2.39. The van der Waals surface area contributed by atoms with Gasteiger partial charge in [0.2, 0.25) is 5.91 Å². The van der Waals surface area contributed by atoms with Crippen molar-refractivity contribution in [2.75, 3.05) is 27.2 Å². The maximum Gasteiger partial charge on any atom is 0.416 e. The number of likely N-dealkylation sites (N-methyl/N-ethyl adjacent to an activating group) is 1. The van der Waals surface area contributed by atoms with Crippen LogP contribution >= 0.6 is 0 Å². The fraction of sp³-hybridized carbons (Fsp3) is 0.467. The van der Waals surface area contributed by atoms with Crippen molar-refractivity contribution in [1.82, 2.24) is 15.5 Å². The largest absolute Gasteiger partial charge is 0.416 e. The van der Waals surface area contributed by atoms with Crippen LogP contribution in [0.3, 0.4) is 0 Å². The van der Waals surface area contributed by atoms with Crippen molar-refractivity contribution in [3.05, 3.63) is 35.4 Å². The first-order valence-corrected chi connectivity index (χ1v) is 7.34. The lowest BCUT2D eigenvalue weighted by molar-refractivity contribution is -0.157. The number of nitrogens with one attached hydrogen (secondary N) is 2. The number of halogens is 6. The van der Waals surface area contributed by atoms with Crippen LogP contribution in [0.5, 0.6) is 0 Å². The summed E-state index contributed by atoms with van der Waals surface area (Å²) in [5.74, 6) is -0.668. The third-order valence-corrected chi connectivity index (χ3v) is 3.21. The molecule has 0 aromatic heterocycles. The number of hydrogen-bond donors (Lipinski definition) is 2. The monoisotopic (exact) mass is 384 g/mol. The van der Waals surface area contributed by atoms with E-state index in [1.165, 1.54) is 19.2 Å². The van der Waals surface area contributed by atoms with Crippen LogP contribution in [-0.2, 0) is 17.5 Å². The van der Waals surface area contributed by atoms with Gasteiger partial charge in [0.15, 0.2) is 5.96 Å². The normalized spacial score (nSPS) is 12.7. The molecule has 26 heavy (non-hydrogen) atoms. The molecule has 1 amide bonds. The molecule has 0 aliphatic rings. The number of guanidine groups is 1. The van der Waals surface area contributed by atoms with Crippen LogP contribution in [-0.4, -0.2) is 50.1 Å². The number of alkyl halides is 6. The molecule has 146 valence electrons. The minimum Gasteiger partial charge on any atom is -0.352 e. The van der Waals surface area contributed by atoms with Crippen LogP contribution in [0.4, 0.5) is 26.3 Å². The minimum absolute atomic E-state index is 0.115. The molecule has 0 aliphatic heterocycles. The van der Waals surface area contributed by atoms with Crippen LogP contribution in [0.1, 0.15) is 11.1 Å². The van der Waals surface area contributed by atoms with Crippen molar-refractivity contribution in [3.63, 3.8) is 0 Å². The molecule has 0 spiro atoms. The second-order valence-corrected chi connectivity index (χ2v) is 5.34. The van der Waals surface area contributed by atoms with Gasteiger partial charge in [0.25, 0.3) is 0 Å². The van der Waals surface area contributed by atoms with Crippen molar-refractivity contribution in [2.45, 2.75) is 18.9 Å². The molecule has 0 unspecified atom stereocenters. The zero-order valence-corrected chi connectivity index (χ0v) is 14.0. The number of benzene rings is 1. The Hall–Kier alpha value is -2.46. The predicted molar refractivity (Wildman–Crippen MR) is 83.3 cm³/mol. The van der Waals surface area contributed by atoms with Crippen molar-refractivity contribution >= 4 is 11.9 Å². The standard InChI is InChI=1S/C15H18F6N4O/c1-22-13(24-8-12(26)25(2)9-14(16,17)18)23-7-10-3-5-11(6-4-10)15(19,20)21/h3-6H,7-9H2,1-2H3,(H2,22,23,24). The summed E-state index contributed by atoms with van der Waals surface area (Å²) < 4.78 is 74.1. The molecule has 1 rings (SSSR count). The van der Waals surface area contributed by atoms with E-state index in [0.717, 1.165) is 19.2 Å². The smallest absolute Gasteiger partial charge is 0.352 e.